The zero-order chi connectivity index (χ0) is 12.8. The number of aromatic nitrogens is 2. The van der Waals surface area contributed by atoms with Gasteiger partial charge in [0.05, 0.1) is 12.2 Å². The van der Waals surface area contributed by atoms with Crippen LogP contribution in [0.4, 0.5) is 5.82 Å². The van der Waals surface area contributed by atoms with Crippen LogP contribution in [-0.4, -0.2) is 15.4 Å². The Labute approximate surface area is 106 Å². The van der Waals surface area contributed by atoms with Crippen LogP contribution in [0, 0.1) is 0 Å². The average molecular weight is 243 g/mol. The fourth-order valence-corrected chi connectivity index (χ4v) is 2.57. The van der Waals surface area contributed by atoms with Crippen LogP contribution in [0.25, 0.3) is 0 Å². The number of nitrogens with zero attached hydrogens (tertiary/aromatic N) is 2. The molecule has 2 heterocycles. The predicted octanol–water partition coefficient (Wildman–Crippen LogP) is 2.62. The molecule has 1 aromatic heterocycles. The molecular weight excluding hydrogens is 226 g/mol. The SMILES string of the molecule is CC1(C)CC(n2nccc2N)c2ccccc2O1. The molecule has 3 rings (SSSR count). The van der Waals surface area contributed by atoms with Gasteiger partial charge < -0.3 is 10.5 Å². The Morgan fingerprint density at radius 1 is 1.33 bits per heavy atom. The van der Waals surface area contributed by atoms with Crippen molar-refractivity contribution in [3.05, 3.63) is 42.1 Å². The third kappa shape index (κ3) is 1.74. The minimum Gasteiger partial charge on any atom is -0.487 e. The van der Waals surface area contributed by atoms with Crippen molar-refractivity contribution in [3.63, 3.8) is 0 Å². The maximum atomic E-state index is 6.01. The maximum Gasteiger partial charge on any atom is 0.125 e. The van der Waals surface area contributed by atoms with Gasteiger partial charge in [-0.2, -0.15) is 5.10 Å². The Bertz CT molecular complexity index is 574. The van der Waals surface area contributed by atoms with Crippen LogP contribution in [0.15, 0.2) is 36.5 Å². The van der Waals surface area contributed by atoms with Crippen LogP contribution < -0.4 is 10.5 Å². The molecule has 0 spiro atoms. The summed E-state index contributed by atoms with van der Waals surface area (Å²) in [6.45, 7) is 4.19. The van der Waals surface area contributed by atoms with E-state index in [9.17, 15) is 0 Å². The smallest absolute Gasteiger partial charge is 0.125 e. The van der Waals surface area contributed by atoms with Gasteiger partial charge in [0.1, 0.15) is 17.2 Å². The topological polar surface area (TPSA) is 53.1 Å². The summed E-state index contributed by atoms with van der Waals surface area (Å²) in [7, 11) is 0. The van der Waals surface area contributed by atoms with Crippen LogP contribution >= 0.6 is 0 Å². The Morgan fingerprint density at radius 3 is 2.83 bits per heavy atom. The fraction of sp³-hybridized carbons (Fsp3) is 0.357. The summed E-state index contributed by atoms with van der Waals surface area (Å²) in [5, 5.41) is 4.34. The van der Waals surface area contributed by atoms with Crippen molar-refractivity contribution < 1.29 is 4.74 Å². The molecule has 1 atom stereocenters. The van der Waals surface area contributed by atoms with E-state index < -0.39 is 0 Å². The first kappa shape index (κ1) is 11.1. The third-order valence-electron chi connectivity index (χ3n) is 3.35. The zero-order valence-electron chi connectivity index (χ0n) is 10.6. The number of para-hydroxylation sites is 1. The molecule has 1 unspecified atom stereocenters. The first-order chi connectivity index (χ1) is 8.57. The lowest BCUT2D eigenvalue weighted by Gasteiger charge is -2.37. The molecule has 0 amide bonds. The van der Waals surface area contributed by atoms with Gasteiger partial charge in [0.15, 0.2) is 0 Å². The summed E-state index contributed by atoms with van der Waals surface area (Å²) >= 11 is 0. The summed E-state index contributed by atoms with van der Waals surface area (Å²) in [4.78, 5) is 0. The van der Waals surface area contributed by atoms with Crippen LogP contribution in [0.2, 0.25) is 0 Å². The average Bonchev–Trinajstić information content (AvgIpc) is 2.73. The van der Waals surface area contributed by atoms with E-state index in [0.29, 0.717) is 5.82 Å². The van der Waals surface area contributed by atoms with Gasteiger partial charge in [-0.3, -0.25) is 0 Å². The molecule has 1 aliphatic heterocycles. The lowest BCUT2D eigenvalue weighted by atomic mass is 9.90. The highest BCUT2D eigenvalue weighted by molar-refractivity contribution is 5.41. The van der Waals surface area contributed by atoms with Crippen molar-refractivity contribution in [1.82, 2.24) is 9.78 Å². The summed E-state index contributed by atoms with van der Waals surface area (Å²) in [5.74, 6) is 1.61. The van der Waals surface area contributed by atoms with E-state index in [-0.39, 0.29) is 11.6 Å². The second-order valence-corrected chi connectivity index (χ2v) is 5.32. The second-order valence-electron chi connectivity index (χ2n) is 5.32. The highest BCUT2D eigenvalue weighted by atomic mass is 16.5. The zero-order valence-corrected chi connectivity index (χ0v) is 10.6. The van der Waals surface area contributed by atoms with Crippen molar-refractivity contribution in [3.8, 4) is 5.75 Å². The number of hydrogen-bond acceptors (Lipinski definition) is 3. The highest BCUT2D eigenvalue weighted by Crippen LogP contribution is 2.41. The molecule has 94 valence electrons. The Hall–Kier alpha value is -1.97. The predicted molar refractivity (Wildman–Crippen MR) is 70.5 cm³/mol. The van der Waals surface area contributed by atoms with Crippen molar-refractivity contribution in [2.75, 3.05) is 5.73 Å². The van der Waals surface area contributed by atoms with Gasteiger partial charge in [0, 0.05) is 12.0 Å². The molecule has 1 aromatic carbocycles. The molecule has 0 radical (unpaired) electrons. The number of rotatable bonds is 1. The van der Waals surface area contributed by atoms with Gasteiger partial charge >= 0.3 is 0 Å². The van der Waals surface area contributed by atoms with Crippen molar-refractivity contribution in [2.24, 2.45) is 0 Å². The highest BCUT2D eigenvalue weighted by Gasteiger charge is 2.35. The van der Waals surface area contributed by atoms with E-state index in [2.05, 4.69) is 25.0 Å². The second kappa shape index (κ2) is 3.77. The van der Waals surface area contributed by atoms with E-state index >= 15 is 0 Å². The summed E-state index contributed by atoms with van der Waals surface area (Å²) in [5.41, 5.74) is 6.91. The van der Waals surface area contributed by atoms with Crippen LogP contribution in [0.5, 0.6) is 5.75 Å². The van der Waals surface area contributed by atoms with E-state index in [1.807, 2.05) is 28.9 Å². The summed E-state index contributed by atoms with van der Waals surface area (Å²) in [6.07, 6.45) is 2.59. The molecule has 1 aliphatic rings. The molecule has 0 fully saturated rings. The van der Waals surface area contributed by atoms with Crippen LogP contribution in [-0.2, 0) is 0 Å². The van der Waals surface area contributed by atoms with Crippen LogP contribution in [0.1, 0.15) is 31.9 Å². The first-order valence-electron chi connectivity index (χ1n) is 6.14. The number of anilines is 1. The number of fused-ring (bicyclic) bond motifs is 1. The molecule has 0 saturated carbocycles. The molecule has 0 saturated heterocycles. The Kier molecular flexibility index (Phi) is 2.33. The molecule has 0 bridgehead atoms. The largest absolute Gasteiger partial charge is 0.487 e. The van der Waals surface area contributed by atoms with Gasteiger partial charge in [0.2, 0.25) is 0 Å². The minimum absolute atomic E-state index is 0.139. The molecule has 18 heavy (non-hydrogen) atoms. The molecule has 4 heteroatoms. The summed E-state index contributed by atoms with van der Waals surface area (Å²) < 4.78 is 7.88. The Morgan fingerprint density at radius 2 is 2.11 bits per heavy atom. The number of nitrogens with two attached hydrogens (primary N) is 1. The van der Waals surface area contributed by atoms with E-state index in [1.165, 1.54) is 0 Å². The monoisotopic (exact) mass is 243 g/mol. The Balaban J connectivity index is 2.12. The third-order valence-corrected chi connectivity index (χ3v) is 3.35. The number of benzene rings is 1. The lowest BCUT2D eigenvalue weighted by Crippen LogP contribution is -2.37. The minimum atomic E-state index is -0.211. The molecule has 2 aromatic rings. The maximum absolute atomic E-state index is 6.01. The van der Waals surface area contributed by atoms with Crippen molar-refractivity contribution >= 4 is 5.82 Å². The number of nitrogen functional groups attached to an aromatic ring is 1. The van der Waals surface area contributed by atoms with Crippen LogP contribution in [0.3, 0.4) is 0 Å². The van der Waals surface area contributed by atoms with Gasteiger partial charge in [-0.25, -0.2) is 4.68 Å². The first-order valence-corrected chi connectivity index (χ1v) is 6.14. The van der Waals surface area contributed by atoms with Gasteiger partial charge in [-0.05, 0) is 26.0 Å². The molecular formula is C14H17N3O. The van der Waals surface area contributed by atoms with E-state index in [0.717, 1.165) is 17.7 Å². The standard InChI is InChI=1S/C14H17N3O/c1-14(2)9-11(17-13(15)7-8-16-17)10-5-3-4-6-12(10)18-14/h3-8,11H,9,15H2,1-2H3. The quantitative estimate of drug-likeness (QED) is 0.837. The lowest BCUT2D eigenvalue weighted by molar-refractivity contribution is 0.0653. The number of ether oxygens (including phenoxy) is 1. The van der Waals surface area contributed by atoms with Gasteiger partial charge in [-0.15, -0.1) is 0 Å². The normalized spacial score (nSPS) is 21.1. The van der Waals surface area contributed by atoms with E-state index in [1.54, 1.807) is 6.20 Å². The molecule has 2 N–H and O–H groups in total. The molecule has 0 aliphatic carbocycles. The summed E-state index contributed by atoms with van der Waals surface area (Å²) in [6, 6.07) is 10.1. The number of hydrogen-bond donors (Lipinski definition) is 1. The van der Waals surface area contributed by atoms with Gasteiger partial charge in [0.25, 0.3) is 0 Å². The fourth-order valence-electron chi connectivity index (χ4n) is 2.57. The van der Waals surface area contributed by atoms with Gasteiger partial charge in [-0.1, -0.05) is 18.2 Å². The van der Waals surface area contributed by atoms with Crippen molar-refractivity contribution in [1.29, 1.82) is 0 Å². The molecule has 4 nitrogen and oxygen atoms in total. The van der Waals surface area contributed by atoms with E-state index in [4.69, 9.17) is 10.5 Å². The van der Waals surface area contributed by atoms with Crippen molar-refractivity contribution in [2.45, 2.75) is 31.9 Å².